The summed E-state index contributed by atoms with van der Waals surface area (Å²) < 4.78 is 1.63. The Morgan fingerprint density at radius 3 is 3.22 bits per heavy atom. The third-order valence-electron chi connectivity index (χ3n) is 2.85. The number of aromatic nitrogens is 4. The van der Waals surface area contributed by atoms with Crippen molar-refractivity contribution in [3.63, 3.8) is 0 Å². The fourth-order valence-corrected chi connectivity index (χ4v) is 3.99. The molecule has 2 aliphatic rings. The molecule has 0 aliphatic carbocycles. The third-order valence-corrected chi connectivity index (χ3v) is 5.37. The number of fused-ring (bicyclic) bond motifs is 1. The molecular weight excluding hydrogens is 272 g/mol. The van der Waals surface area contributed by atoms with Gasteiger partial charge in [-0.2, -0.15) is 0 Å². The fourth-order valence-electron chi connectivity index (χ4n) is 1.84. The first-order valence-corrected chi connectivity index (χ1v) is 7.44. The van der Waals surface area contributed by atoms with Crippen LogP contribution in [-0.2, 0) is 11.8 Å². The maximum atomic E-state index is 11.5. The Labute approximate surface area is 112 Å². The highest BCUT2D eigenvalue weighted by Gasteiger charge is 2.46. The van der Waals surface area contributed by atoms with E-state index in [1.165, 1.54) is 5.57 Å². The molecule has 3 heterocycles. The number of β-lactam (4-membered cyclic amide) rings is 1. The Morgan fingerprint density at radius 1 is 1.67 bits per heavy atom. The molecule has 18 heavy (non-hydrogen) atoms. The van der Waals surface area contributed by atoms with Gasteiger partial charge in [0.1, 0.15) is 11.4 Å². The summed E-state index contributed by atoms with van der Waals surface area (Å²) in [5.74, 6) is 1.70. The van der Waals surface area contributed by atoms with Crippen molar-refractivity contribution in [3.05, 3.63) is 11.8 Å². The van der Waals surface area contributed by atoms with Crippen LogP contribution in [0.3, 0.4) is 0 Å². The summed E-state index contributed by atoms with van der Waals surface area (Å²) in [7, 11) is 1.81. The van der Waals surface area contributed by atoms with Crippen LogP contribution in [0.4, 0.5) is 0 Å². The van der Waals surface area contributed by atoms with E-state index in [1.807, 2.05) is 6.20 Å². The molecule has 3 rings (SSSR count). The van der Waals surface area contributed by atoms with Gasteiger partial charge in [-0.1, -0.05) is 11.8 Å². The van der Waals surface area contributed by atoms with Gasteiger partial charge in [0.2, 0.25) is 11.1 Å². The molecule has 2 N–H and O–H groups in total. The first-order valence-electron chi connectivity index (χ1n) is 5.41. The Hall–Kier alpha value is -1.06. The van der Waals surface area contributed by atoms with Crippen LogP contribution in [0.1, 0.15) is 0 Å². The van der Waals surface area contributed by atoms with E-state index in [9.17, 15) is 4.79 Å². The van der Waals surface area contributed by atoms with Gasteiger partial charge in [-0.15, -0.1) is 16.9 Å². The van der Waals surface area contributed by atoms with Crippen molar-refractivity contribution < 1.29 is 4.79 Å². The Kier molecular flexibility index (Phi) is 3.04. The molecule has 9 heteroatoms. The molecule has 2 aliphatic heterocycles. The number of thioether (sulfide) groups is 2. The molecule has 1 amide bonds. The number of hydrogen-bond donors (Lipinski definition) is 1. The van der Waals surface area contributed by atoms with Gasteiger partial charge >= 0.3 is 0 Å². The number of aryl methyl sites for hydroxylation is 1. The van der Waals surface area contributed by atoms with Gasteiger partial charge in [0.05, 0.1) is 0 Å². The van der Waals surface area contributed by atoms with E-state index in [-0.39, 0.29) is 17.3 Å². The molecule has 0 bridgehead atoms. The van der Waals surface area contributed by atoms with Crippen molar-refractivity contribution in [2.45, 2.75) is 16.6 Å². The van der Waals surface area contributed by atoms with Gasteiger partial charge in [0.15, 0.2) is 0 Å². The van der Waals surface area contributed by atoms with Crippen LogP contribution in [0.25, 0.3) is 0 Å². The highest BCUT2D eigenvalue weighted by Crippen LogP contribution is 2.36. The lowest BCUT2D eigenvalue weighted by Gasteiger charge is -2.45. The fraction of sp³-hybridized carbons (Fsp3) is 0.556. The highest BCUT2D eigenvalue weighted by molar-refractivity contribution is 8.01. The van der Waals surface area contributed by atoms with Crippen LogP contribution in [0.5, 0.6) is 0 Å². The van der Waals surface area contributed by atoms with Crippen LogP contribution in [0.15, 0.2) is 16.9 Å². The standard InChI is InChI=1S/C9H12N6OS2/c1-14-9(11-12-13-14)18-4-5-2-15-7(16)6(10)8(15)17-3-5/h2,6,8H,3-4,10H2,1H3. The van der Waals surface area contributed by atoms with Gasteiger partial charge in [0.25, 0.3) is 0 Å². The Morgan fingerprint density at radius 2 is 2.50 bits per heavy atom. The second-order valence-corrected chi connectivity index (χ2v) is 6.18. The minimum absolute atomic E-state index is 0.00928. The monoisotopic (exact) mass is 284 g/mol. The minimum Gasteiger partial charge on any atom is -0.317 e. The lowest BCUT2D eigenvalue weighted by atomic mass is 10.1. The van der Waals surface area contributed by atoms with E-state index >= 15 is 0 Å². The summed E-state index contributed by atoms with van der Waals surface area (Å²) in [6, 6.07) is -0.330. The van der Waals surface area contributed by atoms with Crippen LogP contribution >= 0.6 is 23.5 Å². The number of amides is 1. The second-order valence-electron chi connectivity index (χ2n) is 4.13. The number of rotatable bonds is 3. The molecule has 1 saturated heterocycles. The summed E-state index contributed by atoms with van der Waals surface area (Å²) in [5, 5.41) is 12.2. The zero-order chi connectivity index (χ0) is 12.7. The van der Waals surface area contributed by atoms with Crippen LogP contribution in [0.2, 0.25) is 0 Å². The van der Waals surface area contributed by atoms with Gasteiger partial charge in [0, 0.05) is 24.8 Å². The summed E-state index contributed by atoms with van der Waals surface area (Å²) in [6.07, 6.45) is 1.92. The molecule has 0 saturated carbocycles. The number of carbonyl (C=O) groups excluding carboxylic acids is 1. The lowest BCUT2D eigenvalue weighted by molar-refractivity contribution is -0.140. The molecule has 1 aromatic rings. The second kappa shape index (κ2) is 4.56. The van der Waals surface area contributed by atoms with Crippen molar-refractivity contribution in [2.24, 2.45) is 12.8 Å². The van der Waals surface area contributed by atoms with Crippen LogP contribution < -0.4 is 5.73 Å². The topological polar surface area (TPSA) is 89.9 Å². The van der Waals surface area contributed by atoms with Gasteiger partial charge in [-0.05, 0) is 16.0 Å². The molecule has 0 spiro atoms. The van der Waals surface area contributed by atoms with Crippen molar-refractivity contribution in [2.75, 3.05) is 11.5 Å². The average Bonchev–Trinajstić information content (AvgIpc) is 2.80. The zero-order valence-electron chi connectivity index (χ0n) is 9.68. The summed E-state index contributed by atoms with van der Waals surface area (Å²) >= 11 is 3.28. The predicted molar refractivity (Wildman–Crippen MR) is 68.7 cm³/mol. The molecule has 7 nitrogen and oxygen atoms in total. The smallest absolute Gasteiger partial charge is 0.247 e. The molecular formula is C9H12N6OS2. The van der Waals surface area contributed by atoms with E-state index in [2.05, 4.69) is 15.5 Å². The van der Waals surface area contributed by atoms with Crippen molar-refractivity contribution >= 4 is 29.4 Å². The maximum Gasteiger partial charge on any atom is 0.247 e. The Balaban J connectivity index is 1.63. The van der Waals surface area contributed by atoms with Gasteiger partial charge in [-0.3, -0.25) is 4.79 Å². The van der Waals surface area contributed by atoms with E-state index in [0.717, 1.165) is 16.7 Å². The summed E-state index contributed by atoms with van der Waals surface area (Å²) in [5.41, 5.74) is 6.92. The summed E-state index contributed by atoms with van der Waals surface area (Å²) in [6.45, 7) is 0. The largest absolute Gasteiger partial charge is 0.317 e. The van der Waals surface area contributed by atoms with Crippen molar-refractivity contribution in [1.82, 2.24) is 25.1 Å². The maximum absolute atomic E-state index is 11.5. The third kappa shape index (κ3) is 1.91. The first-order chi connectivity index (χ1) is 8.66. The Bertz CT molecular complexity index is 515. The van der Waals surface area contributed by atoms with Crippen molar-refractivity contribution in [1.29, 1.82) is 0 Å². The SMILES string of the molecule is Cn1nnnc1SCC1=CN2C(=O)C(N)C2SC1. The van der Waals surface area contributed by atoms with E-state index in [4.69, 9.17) is 5.73 Å². The first kappa shape index (κ1) is 12.0. The molecule has 1 fully saturated rings. The summed E-state index contributed by atoms with van der Waals surface area (Å²) in [4.78, 5) is 13.3. The highest BCUT2D eigenvalue weighted by atomic mass is 32.2. The zero-order valence-corrected chi connectivity index (χ0v) is 11.3. The van der Waals surface area contributed by atoms with Gasteiger partial charge < -0.3 is 10.6 Å². The van der Waals surface area contributed by atoms with Crippen LogP contribution in [0, 0.1) is 0 Å². The molecule has 0 aromatic carbocycles. The molecule has 0 radical (unpaired) electrons. The van der Waals surface area contributed by atoms with E-state index in [1.54, 1.807) is 40.2 Å². The molecule has 1 aromatic heterocycles. The minimum atomic E-state index is -0.330. The lowest BCUT2D eigenvalue weighted by Crippen LogP contribution is -2.66. The van der Waals surface area contributed by atoms with Crippen LogP contribution in [-0.4, -0.2) is 53.9 Å². The average molecular weight is 284 g/mol. The normalized spacial score (nSPS) is 26.7. The molecule has 2 atom stereocenters. The number of tetrazole rings is 1. The van der Waals surface area contributed by atoms with Gasteiger partial charge in [-0.25, -0.2) is 4.68 Å². The predicted octanol–water partition coefficient (Wildman–Crippen LogP) is -0.571. The molecule has 2 unspecified atom stereocenters. The quantitative estimate of drug-likeness (QED) is 0.587. The number of nitrogens with zero attached hydrogens (tertiary/aromatic N) is 5. The molecule has 96 valence electrons. The number of hydrogen-bond acceptors (Lipinski definition) is 7. The van der Waals surface area contributed by atoms with E-state index < -0.39 is 0 Å². The van der Waals surface area contributed by atoms with E-state index in [0.29, 0.717) is 0 Å². The number of nitrogens with two attached hydrogens (primary N) is 1. The number of carbonyl (C=O) groups is 1. The van der Waals surface area contributed by atoms with Crippen molar-refractivity contribution in [3.8, 4) is 0 Å².